The molecule has 8 heteroatoms. The molecule has 2 aliphatic rings. The second kappa shape index (κ2) is 5.70. The molecule has 1 saturated heterocycles. The third kappa shape index (κ3) is 2.46. The van der Waals surface area contributed by atoms with Crippen LogP contribution < -0.4 is 5.73 Å². The summed E-state index contributed by atoms with van der Waals surface area (Å²) >= 11 is 0. The standard InChI is InChI=1S/C15H19N3O4S/c1-17-14(19)12-6-5-11(8-13(12)15(17)20)23(21,22)18-7-3-2-4-10(18)9-16/h5-6,8,10H,2-4,7,9,16H2,1H3. The van der Waals surface area contributed by atoms with E-state index in [0.29, 0.717) is 6.54 Å². The molecule has 7 nitrogen and oxygen atoms in total. The van der Waals surface area contributed by atoms with Crippen LogP contribution in [0.25, 0.3) is 0 Å². The molecule has 1 aromatic carbocycles. The Bertz CT molecular complexity index is 775. The van der Waals surface area contributed by atoms with Crippen LogP contribution in [0.5, 0.6) is 0 Å². The summed E-state index contributed by atoms with van der Waals surface area (Å²) in [6.07, 6.45) is 2.48. The summed E-state index contributed by atoms with van der Waals surface area (Å²) in [7, 11) is -2.35. The van der Waals surface area contributed by atoms with Gasteiger partial charge in [0.05, 0.1) is 16.0 Å². The average Bonchev–Trinajstić information content (AvgIpc) is 2.79. The minimum atomic E-state index is -3.73. The molecule has 3 rings (SSSR count). The van der Waals surface area contributed by atoms with Gasteiger partial charge in [0, 0.05) is 26.2 Å². The van der Waals surface area contributed by atoms with E-state index in [4.69, 9.17) is 5.73 Å². The number of amides is 2. The highest BCUT2D eigenvalue weighted by molar-refractivity contribution is 7.89. The Balaban J connectivity index is 2.02. The number of fused-ring (bicyclic) bond motifs is 1. The van der Waals surface area contributed by atoms with Crippen LogP contribution in [0.2, 0.25) is 0 Å². The summed E-state index contributed by atoms with van der Waals surface area (Å²) in [5.41, 5.74) is 6.09. The van der Waals surface area contributed by atoms with Crippen molar-refractivity contribution >= 4 is 21.8 Å². The number of piperidine rings is 1. The van der Waals surface area contributed by atoms with Gasteiger partial charge < -0.3 is 5.73 Å². The number of sulfonamides is 1. The van der Waals surface area contributed by atoms with Crippen LogP contribution in [0.1, 0.15) is 40.0 Å². The van der Waals surface area contributed by atoms with E-state index in [2.05, 4.69) is 0 Å². The zero-order valence-corrected chi connectivity index (χ0v) is 13.7. The molecule has 1 fully saturated rings. The molecule has 0 bridgehead atoms. The van der Waals surface area contributed by atoms with Crippen molar-refractivity contribution in [1.82, 2.24) is 9.21 Å². The van der Waals surface area contributed by atoms with Gasteiger partial charge >= 0.3 is 0 Å². The summed E-state index contributed by atoms with van der Waals surface area (Å²) < 4.78 is 27.2. The highest BCUT2D eigenvalue weighted by Crippen LogP contribution is 2.29. The molecule has 0 radical (unpaired) electrons. The fourth-order valence-electron chi connectivity index (χ4n) is 3.16. The van der Waals surface area contributed by atoms with Crippen molar-refractivity contribution in [3.05, 3.63) is 29.3 Å². The van der Waals surface area contributed by atoms with Gasteiger partial charge in [0.1, 0.15) is 0 Å². The third-order valence-corrected chi connectivity index (χ3v) is 6.46. The van der Waals surface area contributed by atoms with E-state index in [9.17, 15) is 18.0 Å². The number of carbonyl (C=O) groups excluding carboxylic acids is 2. The summed E-state index contributed by atoms with van der Waals surface area (Å²) in [6.45, 7) is 0.693. The lowest BCUT2D eigenvalue weighted by molar-refractivity contribution is 0.0693. The highest BCUT2D eigenvalue weighted by Gasteiger charge is 2.37. The second-order valence-electron chi connectivity index (χ2n) is 5.88. The van der Waals surface area contributed by atoms with Gasteiger partial charge in [0.2, 0.25) is 10.0 Å². The molecule has 2 N–H and O–H groups in total. The molecule has 2 aliphatic heterocycles. The second-order valence-corrected chi connectivity index (χ2v) is 7.77. The Kier molecular flexibility index (Phi) is 3.99. The zero-order chi connectivity index (χ0) is 16.8. The van der Waals surface area contributed by atoms with Gasteiger partial charge in [-0.05, 0) is 31.0 Å². The zero-order valence-electron chi connectivity index (χ0n) is 12.9. The third-order valence-electron chi connectivity index (χ3n) is 4.51. The maximum Gasteiger partial charge on any atom is 0.261 e. The summed E-state index contributed by atoms with van der Waals surface area (Å²) in [5.74, 6) is -0.886. The molecule has 0 spiro atoms. The van der Waals surface area contributed by atoms with Gasteiger partial charge in [-0.25, -0.2) is 8.42 Å². The van der Waals surface area contributed by atoms with Crippen LogP contribution in [-0.4, -0.2) is 55.6 Å². The molecular formula is C15H19N3O4S. The van der Waals surface area contributed by atoms with Crippen LogP contribution in [0.4, 0.5) is 0 Å². The summed E-state index contributed by atoms with van der Waals surface area (Å²) in [4.78, 5) is 25.0. The Morgan fingerprint density at radius 3 is 2.57 bits per heavy atom. The van der Waals surface area contributed by atoms with Gasteiger partial charge in [0.15, 0.2) is 0 Å². The molecule has 23 heavy (non-hydrogen) atoms. The molecule has 1 atom stereocenters. The minimum Gasteiger partial charge on any atom is -0.329 e. The number of nitrogens with two attached hydrogens (primary N) is 1. The number of imide groups is 1. The molecule has 1 aromatic rings. The van der Waals surface area contributed by atoms with E-state index in [1.54, 1.807) is 0 Å². The number of nitrogens with zero attached hydrogens (tertiary/aromatic N) is 2. The first-order valence-corrected chi connectivity index (χ1v) is 9.00. The van der Waals surface area contributed by atoms with Gasteiger partial charge in [-0.1, -0.05) is 6.42 Å². The lowest BCUT2D eigenvalue weighted by Crippen LogP contribution is -2.47. The van der Waals surface area contributed by atoms with Crippen LogP contribution in [0, 0.1) is 0 Å². The van der Waals surface area contributed by atoms with Crippen molar-refractivity contribution in [2.24, 2.45) is 5.73 Å². The fraction of sp³-hybridized carbons (Fsp3) is 0.467. The molecule has 0 saturated carbocycles. The highest BCUT2D eigenvalue weighted by atomic mass is 32.2. The van der Waals surface area contributed by atoms with E-state index in [1.165, 1.54) is 29.6 Å². The maximum absolute atomic E-state index is 12.9. The monoisotopic (exact) mass is 337 g/mol. The number of hydrogen-bond acceptors (Lipinski definition) is 5. The molecule has 2 amide bonds. The van der Waals surface area contributed by atoms with Crippen molar-refractivity contribution in [3.63, 3.8) is 0 Å². The Morgan fingerprint density at radius 2 is 1.87 bits per heavy atom. The van der Waals surface area contributed by atoms with E-state index in [-0.39, 0.29) is 28.6 Å². The van der Waals surface area contributed by atoms with Gasteiger partial charge in [-0.15, -0.1) is 0 Å². The molecule has 1 unspecified atom stereocenters. The first-order valence-electron chi connectivity index (χ1n) is 7.56. The quantitative estimate of drug-likeness (QED) is 0.805. The lowest BCUT2D eigenvalue weighted by Gasteiger charge is -2.33. The van der Waals surface area contributed by atoms with Crippen LogP contribution in [-0.2, 0) is 10.0 Å². The SMILES string of the molecule is CN1C(=O)c2ccc(S(=O)(=O)N3CCCCC3CN)cc2C1=O. The molecule has 124 valence electrons. The van der Waals surface area contributed by atoms with Crippen LogP contribution >= 0.6 is 0 Å². The van der Waals surface area contributed by atoms with Gasteiger partial charge in [-0.3, -0.25) is 14.5 Å². The average molecular weight is 337 g/mol. The molecule has 0 aromatic heterocycles. The van der Waals surface area contributed by atoms with Crippen LogP contribution in [0.15, 0.2) is 23.1 Å². The van der Waals surface area contributed by atoms with Crippen LogP contribution in [0.3, 0.4) is 0 Å². The number of hydrogen-bond donors (Lipinski definition) is 1. The predicted octanol–water partition coefficient (Wildman–Crippen LogP) is 0.414. The number of benzene rings is 1. The minimum absolute atomic E-state index is 0.0352. The first-order chi connectivity index (χ1) is 10.9. The van der Waals surface area contributed by atoms with Crippen molar-refractivity contribution in [1.29, 1.82) is 0 Å². The largest absolute Gasteiger partial charge is 0.329 e. The van der Waals surface area contributed by atoms with Crippen molar-refractivity contribution in [2.45, 2.75) is 30.2 Å². The summed E-state index contributed by atoms with van der Waals surface area (Å²) in [5, 5.41) is 0. The van der Waals surface area contributed by atoms with Gasteiger partial charge in [-0.2, -0.15) is 4.31 Å². The maximum atomic E-state index is 12.9. The fourth-order valence-corrected chi connectivity index (χ4v) is 4.89. The van der Waals surface area contributed by atoms with E-state index in [1.807, 2.05) is 0 Å². The number of carbonyl (C=O) groups is 2. The molecule has 0 aliphatic carbocycles. The van der Waals surface area contributed by atoms with Crippen molar-refractivity contribution in [2.75, 3.05) is 20.1 Å². The topological polar surface area (TPSA) is 101 Å². The molecular weight excluding hydrogens is 318 g/mol. The van der Waals surface area contributed by atoms with Gasteiger partial charge in [0.25, 0.3) is 11.8 Å². The predicted molar refractivity (Wildman–Crippen MR) is 83.5 cm³/mol. The Hall–Kier alpha value is -1.77. The number of rotatable bonds is 3. The van der Waals surface area contributed by atoms with Crippen molar-refractivity contribution < 1.29 is 18.0 Å². The normalized spacial score (nSPS) is 22.5. The van der Waals surface area contributed by atoms with E-state index < -0.39 is 21.8 Å². The lowest BCUT2D eigenvalue weighted by atomic mass is 10.1. The van der Waals surface area contributed by atoms with E-state index >= 15 is 0 Å². The molecule has 2 heterocycles. The summed E-state index contributed by atoms with van der Waals surface area (Å²) in [6, 6.07) is 3.88. The van der Waals surface area contributed by atoms with E-state index in [0.717, 1.165) is 24.2 Å². The Morgan fingerprint density at radius 1 is 1.17 bits per heavy atom. The van der Waals surface area contributed by atoms with Crippen molar-refractivity contribution in [3.8, 4) is 0 Å². The smallest absolute Gasteiger partial charge is 0.261 e. The first kappa shape index (κ1) is 16.1. The Labute approximate surface area is 135 Å².